The molecule has 1 aliphatic heterocycles. The zero-order chi connectivity index (χ0) is 24.9. The van der Waals surface area contributed by atoms with Crippen LogP contribution in [-0.2, 0) is 9.53 Å². The smallest absolute Gasteiger partial charge is 0.338 e. The van der Waals surface area contributed by atoms with Crippen molar-refractivity contribution in [2.75, 3.05) is 20.8 Å². The van der Waals surface area contributed by atoms with Crippen molar-refractivity contribution in [1.82, 2.24) is 4.57 Å². The maximum atomic E-state index is 13.7. The predicted molar refractivity (Wildman–Crippen MR) is 134 cm³/mol. The third-order valence-corrected chi connectivity index (χ3v) is 6.56. The Morgan fingerprint density at radius 3 is 2.63 bits per heavy atom. The van der Waals surface area contributed by atoms with Crippen molar-refractivity contribution in [3.8, 4) is 23.8 Å². The molecular weight excluding hydrogens is 464 g/mol. The minimum atomic E-state index is -0.653. The Labute approximate surface area is 206 Å². The second kappa shape index (κ2) is 10.5. The van der Waals surface area contributed by atoms with E-state index in [4.69, 9.17) is 20.6 Å². The molecule has 0 amide bonds. The molecule has 0 radical (unpaired) electrons. The summed E-state index contributed by atoms with van der Waals surface area (Å²) in [6.07, 6.45) is 7.62. The molecular formula is C27H24N2O5S. The van der Waals surface area contributed by atoms with Crippen LogP contribution in [0.4, 0.5) is 0 Å². The Hall–Kier alpha value is -4.09. The summed E-state index contributed by atoms with van der Waals surface area (Å²) < 4.78 is 18.2. The Morgan fingerprint density at radius 1 is 1.20 bits per heavy atom. The lowest BCUT2D eigenvalue weighted by Crippen LogP contribution is -2.40. The van der Waals surface area contributed by atoms with E-state index in [0.717, 1.165) is 5.56 Å². The van der Waals surface area contributed by atoms with Crippen LogP contribution < -0.4 is 24.4 Å². The Morgan fingerprint density at radius 2 is 1.97 bits per heavy atom. The summed E-state index contributed by atoms with van der Waals surface area (Å²) in [5.74, 6) is 2.89. The summed E-state index contributed by atoms with van der Waals surface area (Å²) in [4.78, 5) is 31.8. The monoisotopic (exact) mass is 488 g/mol. The molecule has 0 bridgehead atoms. The third kappa shape index (κ3) is 4.51. The number of allylic oxidation sites excluding steroid dienone is 1. The van der Waals surface area contributed by atoms with Gasteiger partial charge in [-0.3, -0.25) is 9.36 Å². The first-order valence-corrected chi connectivity index (χ1v) is 11.8. The molecule has 4 rings (SSSR count). The second-order valence-electron chi connectivity index (χ2n) is 7.57. The van der Waals surface area contributed by atoms with E-state index in [1.807, 2.05) is 49.4 Å². The fourth-order valence-electron chi connectivity index (χ4n) is 4.03. The van der Waals surface area contributed by atoms with Crippen LogP contribution in [0.2, 0.25) is 0 Å². The number of fused-ring (bicyclic) bond motifs is 1. The summed E-state index contributed by atoms with van der Waals surface area (Å²) in [5.41, 5.74) is 2.12. The normalized spacial score (nSPS) is 15.1. The van der Waals surface area contributed by atoms with Crippen molar-refractivity contribution in [2.24, 2.45) is 4.99 Å². The summed E-state index contributed by atoms with van der Waals surface area (Å²) >= 11 is 1.25. The van der Waals surface area contributed by atoms with E-state index in [0.29, 0.717) is 44.1 Å². The van der Waals surface area contributed by atoms with Gasteiger partial charge in [0.25, 0.3) is 5.56 Å². The van der Waals surface area contributed by atoms with Crippen LogP contribution in [0.5, 0.6) is 11.5 Å². The fourth-order valence-corrected chi connectivity index (χ4v) is 5.04. The van der Waals surface area contributed by atoms with E-state index in [1.165, 1.54) is 25.6 Å². The molecule has 2 aromatic carbocycles. The lowest BCUT2D eigenvalue weighted by atomic mass is 9.95. The highest BCUT2D eigenvalue weighted by atomic mass is 32.1. The number of hydrogen-bond acceptors (Lipinski definition) is 7. The van der Waals surface area contributed by atoms with Gasteiger partial charge in [0.1, 0.15) is 6.61 Å². The van der Waals surface area contributed by atoms with Gasteiger partial charge in [-0.05, 0) is 24.1 Å². The van der Waals surface area contributed by atoms with Crippen LogP contribution in [-0.4, -0.2) is 31.4 Å². The number of methoxy groups -OCH3 is 2. The lowest BCUT2D eigenvalue weighted by Gasteiger charge is -2.25. The first kappa shape index (κ1) is 24.0. The molecule has 0 aliphatic carbocycles. The van der Waals surface area contributed by atoms with Gasteiger partial charge in [0, 0.05) is 5.56 Å². The highest BCUT2D eigenvalue weighted by molar-refractivity contribution is 7.07. The van der Waals surface area contributed by atoms with Gasteiger partial charge < -0.3 is 14.2 Å². The zero-order valence-corrected chi connectivity index (χ0v) is 20.4. The van der Waals surface area contributed by atoms with Crippen molar-refractivity contribution >= 4 is 23.4 Å². The number of benzene rings is 2. The standard InChI is InChI=1S/C27H24N2O5S/c1-5-15-34-24-18(13-10-14-20(24)32-3)16-21-25(30)29-23(17-11-8-7-9-12-17)22(26(31)33-4)19(6-2)28-27(29)35-21/h1,7-14,16,23H,6,15H2,2-4H3/b21-16+/t23-/m1/s1. The van der Waals surface area contributed by atoms with E-state index < -0.39 is 12.0 Å². The minimum Gasteiger partial charge on any atom is -0.493 e. The number of para-hydroxylation sites is 1. The molecule has 0 fully saturated rings. The predicted octanol–water partition coefficient (Wildman–Crippen LogP) is 2.82. The number of thiazole rings is 1. The van der Waals surface area contributed by atoms with Crippen LogP contribution in [0.15, 0.2) is 69.6 Å². The van der Waals surface area contributed by atoms with Crippen LogP contribution in [0.25, 0.3) is 6.08 Å². The molecule has 0 unspecified atom stereocenters. The molecule has 3 aromatic rings. The largest absolute Gasteiger partial charge is 0.493 e. The van der Waals surface area contributed by atoms with Crippen LogP contribution in [0.3, 0.4) is 0 Å². The average molecular weight is 489 g/mol. The Balaban J connectivity index is 1.98. The van der Waals surface area contributed by atoms with E-state index in [2.05, 4.69) is 10.9 Å². The van der Waals surface area contributed by atoms with Crippen molar-refractivity contribution < 1.29 is 19.0 Å². The van der Waals surface area contributed by atoms with Gasteiger partial charge in [0.15, 0.2) is 16.3 Å². The molecule has 1 atom stereocenters. The molecule has 2 heterocycles. The van der Waals surface area contributed by atoms with E-state index >= 15 is 0 Å². The molecule has 8 heteroatoms. The van der Waals surface area contributed by atoms with Crippen LogP contribution in [0.1, 0.15) is 30.5 Å². The van der Waals surface area contributed by atoms with Crippen LogP contribution in [0, 0.1) is 12.3 Å². The molecule has 0 spiro atoms. The maximum absolute atomic E-state index is 13.7. The Kier molecular flexibility index (Phi) is 7.18. The summed E-state index contributed by atoms with van der Waals surface area (Å²) in [5, 5.41) is 0. The third-order valence-electron chi connectivity index (χ3n) is 5.58. The van der Waals surface area contributed by atoms with Gasteiger partial charge in [-0.1, -0.05) is 66.6 Å². The van der Waals surface area contributed by atoms with E-state index in [-0.39, 0.29) is 12.2 Å². The lowest BCUT2D eigenvalue weighted by molar-refractivity contribution is -0.136. The van der Waals surface area contributed by atoms with Gasteiger partial charge >= 0.3 is 5.97 Å². The number of aromatic nitrogens is 1. The van der Waals surface area contributed by atoms with Crippen molar-refractivity contribution in [3.05, 3.63) is 90.6 Å². The number of hydrogen-bond donors (Lipinski definition) is 0. The van der Waals surface area contributed by atoms with Gasteiger partial charge in [0.05, 0.1) is 36.1 Å². The minimum absolute atomic E-state index is 0.0544. The van der Waals surface area contributed by atoms with Crippen molar-refractivity contribution in [2.45, 2.75) is 19.4 Å². The molecule has 1 aliphatic rings. The SMILES string of the molecule is C#CCOc1c(/C=c2/sc3n(c2=O)[C@H](c2ccccc2)C(C(=O)OC)=C(CC)N=3)cccc1OC. The first-order valence-electron chi connectivity index (χ1n) is 10.9. The first-order chi connectivity index (χ1) is 17.0. The Bertz CT molecular complexity index is 1510. The summed E-state index contributed by atoms with van der Waals surface area (Å²) in [6, 6.07) is 14.1. The number of nitrogens with zero attached hydrogens (tertiary/aromatic N) is 2. The number of rotatable bonds is 7. The molecule has 178 valence electrons. The number of carbonyl (C=O) groups is 1. The number of terminal acetylenes is 1. The maximum Gasteiger partial charge on any atom is 0.338 e. The summed E-state index contributed by atoms with van der Waals surface area (Å²) in [7, 11) is 2.87. The quantitative estimate of drug-likeness (QED) is 0.378. The molecule has 0 saturated heterocycles. The number of esters is 1. The molecule has 35 heavy (non-hydrogen) atoms. The average Bonchev–Trinajstić information content (AvgIpc) is 3.20. The molecule has 0 N–H and O–H groups in total. The highest BCUT2D eigenvalue weighted by Crippen LogP contribution is 2.33. The van der Waals surface area contributed by atoms with Gasteiger partial charge in [-0.15, -0.1) is 6.42 Å². The zero-order valence-electron chi connectivity index (χ0n) is 19.6. The summed E-state index contributed by atoms with van der Waals surface area (Å²) in [6.45, 7) is 1.97. The van der Waals surface area contributed by atoms with Crippen LogP contribution >= 0.6 is 11.3 Å². The number of ether oxygens (including phenoxy) is 3. The molecule has 1 aromatic heterocycles. The van der Waals surface area contributed by atoms with Gasteiger partial charge in [0.2, 0.25) is 0 Å². The highest BCUT2D eigenvalue weighted by Gasteiger charge is 2.33. The molecule has 7 nitrogen and oxygen atoms in total. The van der Waals surface area contributed by atoms with Gasteiger partial charge in [-0.25, -0.2) is 9.79 Å². The fraction of sp³-hybridized carbons (Fsp3) is 0.222. The topological polar surface area (TPSA) is 79.1 Å². The second-order valence-corrected chi connectivity index (χ2v) is 8.58. The van der Waals surface area contributed by atoms with E-state index in [9.17, 15) is 9.59 Å². The number of carbonyl (C=O) groups excluding carboxylic acids is 1. The van der Waals surface area contributed by atoms with E-state index in [1.54, 1.807) is 16.7 Å². The van der Waals surface area contributed by atoms with Gasteiger partial charge in [-0.2, -0.15) is 0 Å². The molecule has 0 saturated carbocycles. The van der Waals surface area contributed by atoms with Crippen molar-refractivity contribution in [1.29, 1.82) is 0 Å². The van der Waals surface area contributed by atoms with Crippen molar-refractivity contribution in [3.63, 3.8) is 0 Å².